The summed E-state index contributed by atoms with van der Waals surface area (Å²) in [6.07, 6.45) is 12.9. The maximum atomic E-state index is 3.72. The minimum atomic E-state index is 1.18. The molecule has 0 bridgehead atoms. The molecule has 3 aromatic rings. The highest BCUT2D eigenvalue weighted by Gasteiger charge is 2.13. The van der Waals surface area contributed by atoms with E-state index in [9.17, 15) is 0 Å². The number of unbranched alkanes of at least 4 members (excludes halogenated alkanes) is 6. The van der Waals surface area contributed by atoms with Gasteiger partial charge in [0.25, 0.3) is 0 Å². The van der Waals surface area contributed by atoms with Crippen molar-refractivity contribution in [3.05, 3.63) is 55.1 Å². The zero-order chi connectivity index (χ0) is 21.3. The monoisotopic (exact) mass is 566 g/mol. The van der Waals surface area contributed by atoms with Gasteiger partial charge in [-0.15, -0.1) is 22.7 Å². The second kappa shape index (κ2) is 12.6. The number of thiophene rings is 2. The normalized spacial score (nSPS) is 11.3. The number of benzene rings is 1. The van der Waals surface area contributed by atoms with Crippen LogP contribution in [0.3, 0.4) is 0 Å². The van der Waals surface area contributed by atoms with E-state index in [1.54, 1.807) is 0 Å². The second-order valence-electron chi connectivity index (χ2n) is 8.01. The van der Waals surface area contributed by atoms with Crippen LogP contribution in [0, 0.1) is 0 Å². The summed E-state index contributed by atoms with van der Waals surface area (Å²) < 4.78 is 2.48. The molecule has 0 aliphatic carbocycles. The standard InChI is InChI=1S/C26H32Br2S2/c1-3-5-7-9-11-21-17-23(27)29-25(21)19-13-15-20(16-14-19)26-22(18-24(28)30-26)12-10-8-6-4-2/h13-18H,3-12H2,1-2H3. The molecule has 0 amide bonds. The van der Waals surface area contributed by atoms with Crippen molar-refractivity contribution in [3.63, 3.8) is 0 Å². The molecule has 0 aliphatic rings. The Hall–Kier alpha value is -0.420. The summed E-state index contributed by atoms with van der Waals surface area (Å²) in [5.74, 6) is 0. The lowest BCUT2D eigenvalue weighted by molar-refractivity contribution is 0.668. The van der Waals surface area contributed by atoms with Crippen LogP contribution in [-0.4, -0.2) is 0 Å². The van der Waals surface area contributed by atoms with Crippen molar-refractivity contribution in [3.8, 4) is 20.9 Å². The van der Waals surface area contributed by atoms with Crippen LogP contribution in [0.2, 0.25) is 0 Å². The molecule has 0 nitrogen and oxygen atoms in total. The van der Waals surface area contributed by atoms with Gasteiger partial charge in [-0.2, -0.15) is 0 Å². The minimum absolute atomic E-state index is 1.18. The zero-order valence-corrected chi connectivity index (χ0v) is 22.9. The van der Waals surface area contributed by atoms with Crippen molar-refractivity contribution in [1.82, 2.24) is 0 Å². The molecule has 0 N–H and O–H groups in total. The molecule has 2 heterocycles. The number of aryl methyl sites for hydroxylation is 2. The van der Waals surface area contributed by atoms with E-state index in [-0.39, 0.29) is 0 Å². The van der Waals surface area contributed by atoms with Crippen LogP contribution in [-0.2, 0) is 12.8 Å². The first-order chi connectivity index (χ1) is 14.6. The summed E-state index contributed by atoms with van der Waals surface area (Å²) in [6.45, 7) is 4.55. The fourth-order valence-electron chi connectivity index (χ4n) is 3.91. The van der Waals surface area contributed by atoms with E-state index in [1.807, 2.05) is 22.7 Å². The van der Waals surface area contributed by atoms with Crippen molar-refractivity contribution in [2.75, 3.05) is 0 Å². The lowest BCUT2D eigenvalue weighted by atomic mass is 10.0. The Kier molecular flexibility index (Phi) is 10.2. The summed E-state index contributed by atoms with van der Waals surface area (Å²) in [4.78, 5) is 2.86. The van der Waals surface area contributed by atoms with Gasteiger partial charge in [-0.25, -0.2) is 0 Å². The van der Waals surface area contributed by atoms with E-state index in [2.05, 4.69) is 82.1 Å². The summed E-state index contributed by atoms with van der Waals surface area (Å²) in [5.41, 5.74) is 5.68. The average Bonchev–Trinajstić information content (AvgIpc) is 3.31. The smallest absolute Gasteiger partial charge is 0.0707 e. The first-order valence-electron chi connectivity index (χ1n) is 11.3. The fourth-order valence-corrected chi connectivity index (χ4v) is 7.32. The van der Waals surface area contributed by atoms with E-state index >= 15 is 0 Å². The van der Waals surface area contributed by atoms with Gasteiger partial charge in [0.2, 0.25) is 0 Å². The number of halogens is 2. The van der Waals surface area contributed by atoms with Crippen molar-refractivity contribution < 1.29 is 0 Å². The second-order valence-corrected chi connectivity index (χ2v) is 12.9. The van der Waals surface area contributed by atoms with Crippen molar-refractivity contribution in [2.45, 2.75) is 78.1 Å². The lowest BCUT2D eigenvalue weighted by Crippen LogP contribution is -1.88. The van der Waals surface area contributed by atoms with E-state index in [4.69, 9.17) is 0 Å². The fraction of sp³-hybridized carbons (Fsp3) is 0.462. The van der Waals surface area contributed by atoms with Crippen LogP contribution in [0.1, 0.15) is 76.3 Å². The van der Waals surface area contributed by atoms with Gasteiger partial charge >= 0.3 is 0 Å². The summed E-state index contributed by atoms with van der Waals surface area (Å²) in [6, 6.07) is 13.9. The zero-order valence-electron chi connectivity index (χ0n) is 18.1. The Balaban J connectivity index is 1.75. The summed E-state index contributed by atoms with van der Waals surface area (Å²) >= 11 is 11.2. The molecule has 4 heteroatoms. The van der Waals surface area contributed by atoms with Crippen molar-refractivity contribution >= 4 is 54.5 Å². The van der Waals surface area contributed by atoms with Crippen LogP contribution in [0.4, 0.5) is 0 Å². The molecule has 0 unspecified atom stereocenters. The van der Waals surface area contributed by atoms with Gasteiger partial charge in [-0.1, -0.05) is 76.6 Å². The highest BCUT2D eigenvalue weighted by molar-refractivity contribution is 9.11. The van der Waals surface area contributed by atoms with Gasteiger partial charge in [0.15, 0.2) is 0 Å². The van der Waals surface area contributed by atoms with E-state index in [0.29, 0.717) is 0 Å². The Morgan fingerprint density at radius 1 is 0.600 bits per heavy atom. The van der Waals surface area contributed by atoms with Crippen LogP contribution in [0.5, 0.6) is 0 Å². The van der Waals surface area contributed by atoms with Gasteiger partial charge in [0.1, 0.15) is 0 Å². The first kappa shape index (κ1) is 24.2. The third-order valence-corrected chi connectivity index (χ3v) is 9.03. The molecule has 0 saturated heterocycles. The quantitative estimate of drug-likeness (QED) is 0.191. The molecule has 1 aromatic carbocycles. The number of hydrogen-bond donors (Lipinski definition) is 0. The predicted octanol–water partition coefficient (Wildman–Crippen LogP) is 10.9. The molecular formula is C26H32Br2S2. The maximum Gasteiger partial charge on any atom is 0.0707 e. The minimum Gasteiger partial charge on any atom is -0.128 e. The van der Waals surface area contributed by atoms with Gasteiger partial charge < -0.3 is 0 Å². The summed E-state index contributed by atoms with van der Waals surface area (Å²) in [7, 11) is 0. The average molecular weight is 568 g/mol. The molecule has 0 saturated carbocycles. The van der Waals surface area contributed by atoms with Crippen LogP contribution < -0.4 is 0 Å². The molecule has 30 heavy (non-hydrogen) atoms. The Bertz CT molecular complexity index is 831. The largest absolute Gasteiger partial charge is 0.128 e. The maximum absolute atomic E-state index is 3.72. The first-order valence-corrected chi connectivity index (χ1v) is 14.5. The Morgan fingerprint density at radius 3 is 1.37 bits per heavy atom. The molecule has 2 aromatic heterocycles. The van der Waals surface area contributed by atoms with Crippen LogP contribution in [0.15, 0.2) is 44.0 Å². The van der Waals surface area contributed by atoms with Crippen LogP contribution in [0.25, 0.3) is 20.9 Å². The molecule has 0 radical (unpaired) electrons. The van der Waals surface area contributed by atoms with E-state index < -0.39 is 0 Å². The summed E-state index contributed by atoms with van der Waals surface area (Å²) in [5, 5.41) is 0. The Morgan fingerprint density at radius 2 is 1.00 bits per heavy atom. The Labute approximate surface area is 207 Å². The number of hydrogen-bond acceptors (Lipinski definition) is 2. The van der Waals surface area contributed by atoms with Gasteiger partial charge in [0.05, 0.1) is 7.57 Å². The molecular weight excluding hydrogens is 536 g/mol. The molecule has 0 fully saturated rings. The van der Waals surface area contributed by atoms with Crippen molar-refractivity contribution in [2.24, 2.45) is 0 Å². The molecule has 162 valence electrons. The molecule has 3 rings (SSSR count). The van der Waals surface area contributed by atoms with Gasteiger partial charge in [0, 0.05) is 9.75 Å². The SMILES string of the molecule is CCCCCCc1cc(Br)sc1-c1ccc(-c2sc(Br)cc2CCCCCC)cc1. The third kappa shape index (κ3) is 6.79. The lowest BCUT2D eigenvalue weighted by Gasteiger charge is -2.07. The van der Waals surface area contributed by atoms with E-state index in [1.165, 1.54) is 104 Å². The third-order valence-electron chi connectivity index (χ3n) is 5.57. The van der Waals surface area contributed by atoms with Gasteiger partial charge in [-0.3, -0.25) is 0 Å². The predicted molar refractivity (Wildman–Crippen MR) is 144 cm³/mol. The van der Waals surface area contributed by atoms with E-state index in [0.717, 1.165) is 0 Å². The molecule has 0 spiro atoms. The van der Waals surface area contributed by atoms with Crippen LogP contribution >= 0.6 is 54.5 Å². The van der Waals surface area contributed by atoms with Crippen molar-refractivity contribution in [1.29, 1.82) is 0 Å². The highest BCUT2D eigenvalue weighted by Crippen LogP contribution is 2.40. The van der Waals surface area contributed by atoms with Gasteiger partial charge in [-0.05, 0) is 91.9 Å². The highest BCUT2D eigenvalue weighted by atomic mass is 79.9. The molecule has 0 aliphatic heterocycles. The molecule has 0 atom stereocenters. The number of rotatable bonds is 12. The topological polar surface area (TPSA) is 0 Å².